The van der Waals surface area contributed by atoms with Crippen LogP contribution in [0.3, 0.4) is 0 Å². The molecule has 4 nitrogen and oxygen atoms in total. The van der Waals surface area contributed by atoms with Gasteiger partial charge in [-0.3, -0.25) is 4.68 Å². The highest BCUT2D eigenvalue weighted by Crippen LogP contribution is 2.33. The number of nitrogens with one attached hydrogen (secondary N) is 1. The van der Waals surface area contributed by atoms with Crippen molar-refractivity contribution >= 4 is 23.4 Å². The van der Waals surface area contributed by atoms with E-state index in [0.29, 0.717) is 0 Å². The molecule has 0 amide bonds. The average Bonchev–Trinajstić information content (AvgIpc) is 3.07. The summed E-state index contributed by atoms with van der Waals surface area (Å²) in [6.45, 7) is 3.20. The van der Waals surface area contributed by atoms with Gasteiger partial charge in [-0.25, -0.2) is 0 Å². The number of nitrogens with zero attached hydrogens (tertiary/aromatic N) is 3. The lowest BCUT2D eigenvalue weighted by molar-refractivity contribution is 0.571. The Morgan fingerprint density at radius 3 is 2.89 bits per heavy atom. The Bertz CT molecular complexity index is 630. The topological polar surface area (TPSA) is 38.5 Å². The summed E-state index contributed by atoms with van der Waals surface area (Å²) < 4.78 is 5.04. The molecular weight excluding hydrogens is 256 g/mol. The molecule has 0 atom stereocenters. The van der Waals surface area contributed by atoms with Crippen molar-refractivity contribution in [2.75, 3.05) is 0 Å². The van der Waals surface area contributed by atoms with E-state index in [1.54, 1.807) is 0 Å². The molecule has 0 radical (unpaired) electrons. The van der Waals surface area contributed by atoms with E-state index in [1.807, 2.05) is 11.7 Å². The van der Waals surface area contributed by atoms with Crippen molar-refractivity contribution < 1.29 is 0 Å². The summed E-state index contributed by atoms with van der Waals surface area (Å²) in [6, 6.07) is 0. The van der Waals surface area contributed by atoms with Crippen molar-refractivity contribution in [1.82, 2.24) is 19.3 Å². The molecule has 19 heavy (non-hydrogen) atoms. The Labute approximate surface area is 118 Å². The normalized spacial score (nSPS) is 15.5. The maximum atomic E-state index is 5.47. The van der Waals surface area contributed by atoms with Crippen molar-refractivity contribution in [3.63, 3.8) is 0 Å². The third-order valence-electron chi connectivity index (χ3n) is 4.00. The van der Waals surface area contributed by atoms with E-state index in [2.05, 4.69) is 21.6 Å². The first-order valence-electron chi connectivity index (χ1n) is 7.35. The smallest absolute Gasteiger partial charge is 0.179 e. The van der Waals surface area contributed by atoms with Gasteiger partial charge in [0.15, 0.2) is 10.4 Å². The zero-order valence-corrected chi connectivity index (χ0v) is 12.6. The minimum absolute atomic E-state index is 0.844. The van der Waals surface area contributed by atoms with Crippen LogP contribution in [0.4, 0.5) is 0 Å². The van der Waals surface area contributed by atoms with Gasteiger partial charge >= 0.3 is 0 Å². The van der Waals surface area contributed by atoms with Gasteiger partial charge in [0.05, 0.1) is 5.69 Å². The molecule has 0 spiro atoms. The molecule has 1 aliphatic rings. The highest BCUT2D eigenvalue weighted by atomic mass is 32.1. The van der Waals surface area contributed by atoms with Crippen molar-refractivity contribution in [2.24, 2.45) is 13.0 Å². The van der Waals surface area contributed by atoms with E-state index < -0.39 is 0 Å². The molecule has 2 aromatic rings. The van der Waals surface area contributed by atoms with Gasteiger partial charge in [-0.2, -0.15) is 5.10 Å². The zero-order chi connectivity index (χ0) is 13.4. The van der Waals surface area contributed by atoms with Gasteiger partial charge in [0.2, 0.25) is 0 Å². The van der Waals surface area contributed by atoms with E-state index in [4.69, 9.17) is 12.2 Å². The minimum Gasteiger partial charge on any atom is -0.328 e. The largest absolute Gasteiger partial charge is 0.328 e. The van der Waals surface area contributed by atoms with Crippen molar-refractivity contribution in [3.8, 4) is 0 Å². The van der Waals surface area contributed by atoms with Gasteiger partial charge in [0.1, 0.15) is 5.52 Å². The number of H-pyrrole nitrogens is 1. The predicted molar refractivity (Wildman–Crippen MR) is 79.8 cm³/mol. The molecule has 2 aromatic heterocycles. The van der Waals surface area contributed by atoms with E-state index >= 15 is 0 Å². The van der Waals surface area contributed by atoms with Crippen LogP contribution in [0.2, 0.25) is 0 Å². The van der Waals surface area contributed by atoms with Gasteiger partial charge < -0.3 is 9.55 Å². The fourth-order valence-corrected chi connectivity index (χ4v) is 3.12. The molecule has 104 valence electrons. The highest BCUT2D eigenvalue weighted by Gasteiger charge is 2.21. The molecule has 1 aliphatic carbocycles. The Balaban J connectivity index is 1.89. The fraction of sp³-hybridized carbons (Fsp3) is 0.714. The third kappa shape index (κ3) is 2.48. The van der Waals surface area contributed by atoms with E-state index in [1.165, 1.54) is 25.7 Å². The zero-order valence-electron chi connectivity index (χ0n) is 11.8. The van der Waals surface area contributed by atoms with Crippen LogP contribution in [-0.2, 0) is 20.0 Å². The van der Waals surface area contributed by atoms with Crippen LogP contribution in [0, 0.1) is 10.7 Å². The lowest BCUT2D eigenvalue weighted by atomic mass is 10.2. The summed E-state index contributed by atoms with van der Waals surface area (Å²) in [7, 11) is 2.02. The number of fused-ring (bicyclic) bond motifs is 1. The van der Waals surface area contributed by atoms with Gasteiger partial charge in [-0.15, -0.1) is 0 Å². The Kier molecular flexibility index (Phi) is 3.48. The van der Waals surface area contributed by atoms with Gasteiger partial charge in [0.25, 0.3) is 0 Å². The predicted octanol–water partition coefficient (Wildman–Crippen LogP) is 3.58. The molecule has 0 aromatic carbocycles. The summed E-state index contributed by atoms with van der Waals surface area (Å²) in [6.07, 6.45) is 7.54. The standard InChI is InChI=1S/C14H22N4S/c1-3-5-11-12-13(17(2)16-11)18(14(19)15-12)9-4-6-10-7-8-10/h10H,3-9H2,1-2H3,(H,15,19). The first kappa shape index (κ1) is 12.9. The third-order valence-corrected chi connectivity index (χ3v) is 4.32. The lowest BCUT2D eigenvalue weighted by Gasteiger charge is -2.04. The molecule has 1 fully saturated rings. The van der Waals surface area contributed by atoms with E-state index in [-0.39, 0.29) is 0 Å². The van der Waals surface area contributed by atoms with Crippen molar-refractivity contribution in [3.05, 3.63) is 10.5 Å². The van der Waals surface area contributed by atoms with Crippen LogP contribution in [0.5, 0.6) is 0 Å². The van der Waals surface area contributed by atoms with Gasteiger partial charge in [-0.1, -0.05) is 26.2 Å². The van der Waals surface area contributed by atoms with Gasteiger partial charge in [-0.05, 0) is 37.4 Å². The quantitative estimate of drug-likeness (QED) is 0.820. The second-order valence-electron chi connectivity index (χ2n) is 5.69. The molecule has 0 saturated heterocycles. The monoisotopic (exact) mass is 278 g/mol. The molecule has 0 bridgehead atoms. The fourth-order valence-electron chi connectivity index (χ4n) is 2.84. The van der Waals surface area contributed by atoms with Crippen LogP contribution in [0.15, 0.2) is 0 Å². The summed E-state index contributed by atoms with van der Waals surface area (Å²) in [5.74, 6) is 0.991. The van der Waals surface area contributed by atoms with Crippen LogP contribution in [-0.4, -0.2) is 19.3 Å². The first-order chi connectivity index (χ1) is 9.20. The second kappa shape index (κ2) is 5.12. The minimum atomic E-state index is 0.844. The summed E-state index contributed by atoms with van der Waals surface area (Å²) in [5.41, 5.74) is 3.44. The van der Waals surface area contributed by atoms with Crippen LogP contribution in [0.25, 0.3) is 11.2 Å². The number of rotatable bonds is 6. The molecule has 1 saturated carbocycles. The SMILES string of the molecule is CCCc1nn(C)c2c1[nH]c(=S)n2CCCC1CC1. The number of aromatic nitrogens is 4. The number of hydrogen-bond donors (Lipinski definition) is 1. The van der Waals surface area contributed by atoms with Crippen LogP contribution < -0.4 is 0 Å². The van der Waals surface area contributed by atoms with Gasteiger partial charge in [0, 0.05) is 13.6 Å². The maximum absolute atomic E-state index is 5.47. The second-order valence-corrected chi connectivity index (χ2v) is 6.07. The van der Waals surface area contributed by atoms with Crippen molar-refractivity contribution in [1.29, 1.82) is 0 Å². The molecule has 5 heteroatoms. The first-order valence-corrected chi connectivity index (χ1v) is 7.76. The van der Waals surface area contributed by atoms with Crippen molar-refractivity contribution in [2.45, 2.75) is 52.0 Å². The molecular formula is C14H22N4S. The number of imidazole rings is 1. The number of hydrogen-bond acceptors (Lipinski definition) is 2. The van der Waals surface area contributed by atoms with E-state index in [9.17, 15) is 0 Å². The highest BCUT2D eigenvalue weighted by molar-refractivity contribution is 7.71. The molecule has 0 unspecified atom stereocenters. The maximum Gasteiger partial charge on any atom is 0.179 e. The van der Waals surface area contributed by atoms with Crippen LogP contribution in [0.1, 0.15) is 44.7 Å². The molecule has 1 N–H and O–H groups in total. The Morgan fingerprint density at radius 1 is 1.42 bits per heavy atom. The Hall–Kier alpha value is -1.10. The number of aromatic amines is 1. The summed E-state index contributed by atoms with van der Waals surface area (Å²) in [5, 5.41) is 4.62. The summed E-state index contributed by atoms with van der Waals surface area (Å²) >= 11 is 5.47. The molecule has 3 rings (SSSR count). The van der Waals surface area contributed by atoms with Crippen LogP contribution >= 0.6 is 12.2 Å². The number of aryl methyl sites for hydroxylation is 3. The average molecular weight is 278 g/mol. The molecule has 2 heterocycles. The van der Waals surface area contributed by atoms with E-state index in [0.717, 1.165) is 46.9 Å². The lowest BCUT2D eigenvalue weighted by Crippen LogP contribution is -2.03. The summed E-state index contributed by atoms with van der Waals surface area (Å²) in [4.78, 5) is 3.35. The Morgan fingerprint density at radius 2 is 2.21 bits per heavy atom. The molecule has 0 aliphatic heterocycles.